The van der Waals surface area contributed by atoms with Gasteiger partial charge in [-0.2, -0.15) is 0 Å². The Hall–Kier alpha value is -3.81. The standard InChI is InChI=1S/C20H14FN3O4/c1-12-6-8-13(9-7-12)19-24-23-16(28-19)10-26-20(25)17-18(27-11-22-17)14-4-2-3-5-15(14)21/h2-9,11H,10H2,1H3. The first-order chi connectivity index (χ1) is 13.6. The summed E-state index contributed by atoms with van der Waals surface area (Å²) in [5.41, 5.74) is 1.85. The van der Waals surface area contributed by atoms with Gasteiger partial charge in [0.05, 0.1) is 5.56 Å². The molecular weight excluding hydrogens is 365 g/mol. The van der Waals surface area contributed by atoms with Crippen molar-refractivity contribution in [3.8, 4) is 22.8 Å². The number of aromatic nitrogens is 3. The fourth-order valence-electron chi connectivity index (χ4n) is 2.55. The number of oxazole rings is 1. The first-order valence-corrected chi connectivity index (χ1v) is 8.37. The average molecular weight is 379 g/mol. The maximum atomic E-state index is 14.0. The lowest BCUT2D eigenvalue weighted by atomic mass is 10.1. The maximum Gasteiger partial charge on any atom is 0.361 e. The number of aryl methyl sites for hydroxylation is 1. The zero-order valence-electron chi connectivity index (χ0n) is 14.8. The molecule has 0 bridgehead atoms. The van der Waals surface area contributed by atoms with E-state index in [1.54, 1.807) is 6.07 Å². The molecule has 0 radical (unpaired) electrons. The van der Waals surface area contributed by atoms with Gasteiger partial charge in [-0.3, -0.25) is 0 Å². The van der Waals surface area contributed by atoms with Crippen LogP contribution in [0.5, 0.6) is 0 Å². The van der Waals surface area contributed by atoms with Gasteiger partial charge in [-0.15, -0.1) is 10.2 Å². The lowest BCUT2D eigenvalue weighted by molar-refractivity contribution is 0.0433. The van der Waals surface area contributed by atoms with E-state index in [0.29, 0.717) is 5.89 Å². The summed E-state index contributed by atoms with van der Waals surface area (Å²) < 4.78 is 29.8. The Morgan fingerprint density at radius 1 is 1.11 bits per heavy atom. The smallest absolute Gasteiger partial charge is 0.361 e. The van der Waals surface area contributed by atoms with Crippen LogP contribution in [0, 0.1) is 12.7 Å². The van der Waals surface area contributed by atoms with Gasteiger partial charge in [0.1, 0.15) is 5.82 Å². The van der Waals surface area contributed by atoms with Crippen molar-refractivity contribution in [2.75, 3.05) is 0 Å². The van der Waals surface area contributed by atoms with Crippen LogP contribution in [0.15, 0.2) is 63.8 Å². The van der Waals surface area contributed by atoms with Gasteiger partial charge in [0, 0.05) is 5.56 Å². The Labute approximate surface area is 158 Å². The normalized spacial score (nSPS) is 10.8. The Morgan fingerprint density at radius 2 is 1.89 bits per heavy atom. The number of hydrogen-bond acceptors (Lipinski definition) is 7. The summed E-state index contributed by atoms with van der Waals surface area (Å²) in [5.74, 6) is -0.886. The van der Waals surface area contributed by atoms with Crippen LogP contribution in [0.3, 0.4) is 0 Å². The topological polar surface area (TPSA) is 91.2 Å². The predicted octanol–water partition coefficient (Wildman–Crippen LogP) is 4.20. The highest BCUT2D eigenvalue weighted by Crippen LogP contribution is 2.26. The van der Waals surface area contributed by atoms with Crippen molar-refractivity contribution in [2.45, 2.75) is 13.5 Å². The average Bonchev–Trinajstić information content (AvgIpc) is 3.37. The number of rotatable bonds is 5. The van der Waals surface area contributed by atoms with E-state index >= 15 is 0 Å². The first kappa shape index (κ1) is 17.6. The third kappa shape index (κ3) is 3.52. The molecule has 140 valence electrons. The van der Waals surface area contributed by atoms with Crippen LogP contribution in [-0.4, -0.2) is 21.2 Å². The molecule has 0 fully saturated rings. The van der Waals surface area contributed by atoms with Crippen molar-refractivity contribution < 1.29 is 22.8 Å². The summed E-state index contributed by atoms with van der Waals surface area (Å²) in [6.45, 7) is 1.73. The van der Waals surface area contributed by atoms with Gasteiger partial charge in [-0.05, 0) is 31.2 Å². The van der Waals surface area contributed by atoms with Gasteiger partial charge in [-0.1, -0.05) is 29.8 Å². The summed E-state index contributed by atoms with van der Waals surface area (Å²) in [5, 5.41) is 7.81. The molecule has 0 aliphatic rings. The Balaban J connectivity index is 1.47. The van der Waals surface area contributed by atoms with Gasteiger partial charge in [0.2, 0.25) is 5.89 Å². The van der Waals surface area contributed by atoms with Crippen LogP contribution in [0.2, 0.25) is 0 Å². The lowest BCUT2D eigenvalue weighted by Gasteiger charge is -2.03. The molecule has 28 heavy (non-hydrogen) atoms. The molecule has 8 heteroatoms. The summed E-state index contributed by atoms with van der Waals surface area (Å²) in [7, 11) is 0. The van der Waals surface area contributed by atoms with Crippen LogP contribution in [0.1, 0.15) is 21.9 Å². The fourth-order valence-corrected chi connectivity index (χ4v) is 2.55. The molecule has 0 N–H and O–H groups in total. The molecule has 0 amide bonds. The highest BCUT2D eigenvalue weighted by molar-refractivity contribution is 5.93. The van der Waals surface area contributed by atoms with Gasteiger partial charge < -0.3 is 13.6 Å². The number of benzene rings is 2. The molecule has 0 saturated carbocycles. The maximum absolute atomic E-state index is 14.0. The number of carbonyl (C=O) groups is 1. The molecular formula is C20H14FN3O4. The van der Waals surface area contributed by atoms with Crippen LogP contribution in [-0.2, 0) is 11.3 Å². The van der Waals surface area contributed by atoms with E-state index in [1.807, 2.05) is 31.2 Å². The van der Waals surface area contributed by atoms with E-state index in [-0.39, 0.29) is 29.5 Å². The molecule has 2 aromatic heterocycles. The Kier molecular flexibility index (Phi) is 4.67. The van der Waals surface area contributed by atoms with Gasteiger partial charge in [0.25, 0.3) is 5.89 Å². The fraction of sp³-hybridized carbons (Fsp3) is 0.100. The summed E-state index contributed by atoms with van der Waals surface area (Å²) in [4.78, 5) is 16.2. The van der Waals surface area contributed by atoms with Crippen LogP contribution in [0.25, 0.3) is 22.8 Å². The highest BCUT2D eigenvalue weighted by atomic mass is 19.1. The molecule has 0 aliphatic carbocycles. The minimum atomic E-state index is -0.790. The molecule has 2 aromatic carbocycles. The minimum absolute atomic E-state index is 0.00558. The third-order valence-electron chi connectivity index (χ3n) is 3.97. The second-order valence-electron chi connectivity index (χ2n) is 5.95. The SMILES string of the molecule is Cc1ccc(-c2nnc(COC(=O)c3ncoc3-c3ccccc3F)o2)cc1. The number of halogens is 1. The van der Waals surface area contributed by atoms with E-state index in [9.17, 15) is 9.18 Å². The first-order valence-electron chi connectivity index (χ1n) is 8.37. The second kappa shape index (κ2) is 7.43. The van der Waals surface area contributed by atoms with Crippen molar-refractivity contribution in [2.24, 2.45) is 0 Å². The summed E-state index contributed by atoms with van der Waals surface area (Å²) in [6, 6.07) is 13.5. The van der Waals surface area contributed by atoms with Crippen molar-refractivity contribution in [3.05, 3.63) is 77.9 Å². The van der Waals surface area contributed by atoms with E-state index in [0.717, 1.165) is 17.5 Å². The Morgan fingerprint density at radius 3 is 2.68 bits per heavy atom. The Bertz CT molecular complexity index is 1120. The number of nitrogens with zero attached hydrogens (tertiary/aromatic N) is 3. The van der Waals surface area contributed by atoms with Crippen molar-refractivity contribution >= 4 is 5.97 Å². The largest absolute Gasteiger partial charge is 0.451 e. The van der Waals surface area contributed by atoms with Crippen LogP contribution in [0.4, 0.5) is 4.39 Å². The number of hydrogen-bond donors (Lipinski definition) is 0. The molecule has 4 rings (SSSR count). The number of ether oxygens (including phenoxy) is 1. The summed E-state index contributed by atoms with van der Waals surface area (Å²) in [6.07, 6.45) is 1.06. The van der Waals surface area contributed by atoms with Gasteiger partial charge in [-0.25, -0.2) is 14.2 Å². The monoisotopic (exact) mass is 379 g/mol. The molecule has 7 nitrogen and oxygen atoms in total. The van der Waals surface area contributed by atoms with Crippen molar-refractivity contribution in [1.82, 2.24) is 15.2 Å². The highest BCUT2D eigenvalue weighted by Gasteiger charge is 2.22. The lowest BCUT2D eigenvalue weighted by Crippen LogP contribution is -2.07. The van der Waals surface area contributed by atoms with Gasteiger partial charge >= 0.3 is 5.97 Å². The zero-order valence-corrected chi connectivity index (χ0v) is 14.8. The molecule has 4 aromatic rings. The molecule has 2 heterocycles. The zero-order chi connectivity index (χ0) is 19.5. The van der Waals surface area contributed by atoms with Crippen LogP contribution < -0.4 is 0 Å². The predicted molar refractivity (Wildman–Crippen MR) is 95.5 cm³/mol. The van der Waals surface area contributed by atoms with E-state index in [2.05, 4.69) is 15.2 Å². The molecule has 0 atom stereocenters. The minimum Gasteiger partial charge on any atom is -0.451 e. The molecule has 0 spiro atoms. The van der Waals surface area contributed by atoms with Gasteiger partial charge in [0.15, 0.2) is 24.5 Å². The number of esters is 1. The van der Waals surface area contributed by atoms with E-state index < -0.39 is 11.8 Å². The van der Waals surface area contributed by atoms with Crippen LogP contribution >= 0.6 is 0 Å². The summed E-state index contributed by atoms with van der Waals surface area (Å²) >= 11 is 0. The van der Waals surface area contributed by atoms with E-state index in [4.69, 9.17) is 13.6 Å². The van der Waals surface area contributed by atoms with Crippen molar-refractivity contribution in [3.63, 3.8) is 0 Å². The number of carbonyl (C=O) groups excluding carboxylic acids is 1. The second-order valence-corrected chi connectivity index (χ2v) is 5.95. The van der Waals surface area contributed by atoms with E-state index in [1.165, 1.54) is 18.2 Å². The van der Waals surface area contributed by atoms with Crippen molar-refractivity contribution in [1.29, 1.82) is 0 Å². The molecule has 0 unspecified atom stereocenters. The molecule has 0 saturated heterocycles. The molecule has 0 aliphatic heterocycles. The quantitative estimate of drug-likeness (QED) is 0.480. The third-order valence-corrected chi connectivity index (χ3v) is 3.97.